The lowest BCUT2D eigenvalue weighted by molar-refractivity contribution is 0.246. The van der Waals surface area contributed by atoms with E-state index in [-0.39, 0.29) is 12.1 Å². The van der Waals surface area contributed by atoms with Gasteiger partial charge in [-0.25, -0.2) is 9.59 Å². The van der Waals surface area contributed by atoms with E-state index in [9.17, 15) is 9.59 Å². The summed E-state index contributed by atoms with van der Waals surface area (Å²) >= 11 is 0. The van der Waals surface area contributed by atoms with Crippen LogP contribution in [0.3, 0.4) is 0 Å². The molecule has 1 unspecified atom stereocenters. The molecule has 0 bridgehead atoms. The molecule has 0 aliphatic heterocycles. The Bertz CT molecular complexity index is 447. The van der Waals surface area contributed by atoms with Crippen molar-refractivity contribution in [3.63, 3.8) is 0 Å². The zero-order valence-corrected chi connectivity index (χ0v) is 11.7. The van der Waals surface area contributed by atoms with Crippen molar-refractivity contribution in [3.8, 4) is 0 Å². The van der Waals surface area contributed by atoms with E-state index >= 15 is 0 Å². The minimum Gasteiger partial charge on any atom is -0.352 e. The minimum atomic E-state index is -0.610. The second kappa shape index (κ2) is 8.00. The van der Waals surface area contributed by atoms with Gasteiger partial charge in [-0.1, -0.05) is 12.1 Å². The third kappa shape index (κ3) is 5.57. The molecule has 7 heteroatoms. The topological polar surface area (TPSA) is 108 Å². The Labute approximate surface area is 118 Å². The van der Waals surface area contributed by atoms with Gasteiger partial charge in [0.25, 0.3) is 0 Å². The number of carbonyl (C=O) groups is 2. The first-order chi connectivity index (χ1) is 9.52. The van der Waals surface area contributed by atoms with Crippen molar-refractivity contribution in [1.29, 1.82) is 0 Å². The van der Waals surface area contributed by atoms with Crippen molar-refractivity contribution in [2.24, 2.45) is 5.73 Å². The lowest BCUT2D eigenvalue weighted by Crippen LogP contribution is -2.38. The number of primary amides is 1. The number of nitrogens with one attached hydrogen (secondary N) is 4. The molecule has 0 aliphatic rings. The number of carbonyl (C=O) groups excluding carboxylic acids is 2. The molecule has 1 aromatic carbocycles. The predicted molar refractivity (Wildman–Crippen MR) is 78.5 cm³/mol. The van der Waals surface area contributed by atoms with E-state index in [2.05, 4.69) is 28.2 Å². The molecule has 0 heterocycles. The summed E-state index contributed by atoms with van der Waals surface area (Å²) in [6, 6.07) is 6.90. The van der Waals surface area contributed by atoms with Crippen LogP contribution in [0.5, 0.6) is 0 Å². The first-order valence-electron chi connectivity index (χ1n) is 6.38. The quantitative estimate of drug-likeness (QED) is 0.496. The molecule has 0 spiro atoms. The van der Waals surface area contributed by atoms with Crippen LogP contribution in [0.2, 0.25) is 0 Å². The molecule has 0 aliphatic carbocycles. The molecule has 0 saturated carbocycles. The molecule has 4 amide bonds. The van der Waals surface area contributed by atoms with Gasteiger partial charge in [-0.15, -0.1) is 0 Å². The standard InChI is InChI=1S/C13H21N5O2/c1-9(15-2)10-3-5-11(6-4-10)18-13(20)17-8-7-16-12(14)19/h3-6,9,15H,7-8H2,1-2H3,(H3,14,16,19)(H2,17,18,20). The molecule has 20 heavy (non-hydrogen) atoms. The average molecular weight is 279 g/mol. The number of benzene rings is 1. The Morgan fingerprint density at radius 2 is 1.75 bits per heavy atom. The molecule has 1 rings (SSSR count). The third-order valence-corrected chi connectivity index (χ3v) is 2.81. The SMILES string of the molecule is CNC(C)c1ccc(NC(=O)NCCNC(N)=O)cc1. The molecule has 0 saturated heterocycles. The van der Waals surface area contributed by atoms with Crippen molar-refractivity contribution >= 4 is 17.7 Å². The Hall–Kier alpha value is -2.28. The zero-order valence-electron chi connectivity index (χ0n) is 11.7. The number of hydrogen-bond acceptors (Lipinski definition) is 3. The number of urea groups is 2. The molecule has 110 valence electrons. The predicted octanol–water partition coefficient (Wildman–Crippen LogP) is 0.757. The van der Waals surface area contributed by atoms with Crippen molar-refractivity contribution in [2.75, 3.05) is 25.5 Å². The maximum Gasteiger partial charge on any atom is 0.319 e. The maximum atomic E-state index is 11.6. The largest absolute Gasteiger partial charge is 0.352 e. The van der Waals surface area contributed by atoms with Crippen LogP contribution in [-0.4, -0.2) is 32.2 Å². The van der Waals surface area contributed by atoms with Crippen molar-refractivity contribution in [3.05, 3.63) is 29.8 Å². The first-order valence-corrected chi connectivity index (χ1v) is 6.38. The van der Waals surface area contributed by atoms with Gasteiger partial charge in [-0.2, -0.15) is 0 Å². The van der Waals surface area contributed by atoms with E-state index in [0.29, 0.717) is 18.8 Å². The van der Waals surface area contributed by atoms with Crippen LogP contribution < -0.4 is 27.0 Å². The lowest BCUT2D eigenvalue weighted by Gasteiger charge is -2.12. The number of anilines is 1. The monoisotopic (exact) mass is 279 g/mol. The summed E-state index contributed by atoms with van der Waals surface area (Å²) < 4.78 is 0. The summed E-state index contributed by atoms with van der Waals surface area (Å²) in [5, 5.41) is 10.8. The highest BCUT2D eigenvalue weighted by molar-refractivity contribution is 5.89. The summed E-state index contributed by atoms with van der Waals surface area (Å²) in [5.41, 5.74) is 6.75. The molecule has 0 radical (unpaired) electrons. The maximum absolute atomic E-state index is 11.6. The summed E-state index contributed by atoms with van der Waals surface area (Å²) in [4.78, 5) is 22.0. The van der Waals surface area contributed by atoms with Gasteiger partial charge >= 0.3 is 12.1 Å². The van der Waals surface area contributed by atoms with E-state index < -0.39 is 6.03 Å². The number of rotatable bonds is 6. The lowest BCUT2D eigenvalue weighted by atomic mass is 10.1. The Morgan fingerprint density at radius 1 is 1.15 bits per heavy atom. The zero-order chi connectivity index (χ0) is 15.0. The summed E-state index contributed by atoms with van der Waals surface area (Å²) in [6.07, 6.45) is 0. The van der Waals surface area contributed by atoms with Crippen molar-refractivity contribution in [1.82, 2.24) is 16.0 Å². The minimum absolute atomic E-state index is 0.262. The fourth-order valence-corrected chi connectivity index (χ4v) is 1.56. The van der Waals surface area contributed by atoms with Crippen LogP contribution in [0.25, 0.3) is 0 Å². The van der Waals surface area contributed by atoms with Gasteiger partial charge in [0.1, 0.15) is 0 Å². The van der Waals surface area contributed by atoms with Crippen LogP contribution in [0.4, 0.5) is 15.3 Å². The summed E-state index contributed by atoms with van der Waals surface area (Å²) in [5.74, 6) is 0. The average Bonchev–Trinajstić information content (AvgIpc) is 2.43. The highest BCUT2D eigenvalue weighted by atomic mass is 16.2. The Morgan fingerprint density at radius 3 is 2.30 bits per heavy atom. The molecular formula is C13H21N5O2. The highest BCUT2D eigenvalue weighted by Crippen LogP contribution is 2.15. The van der Waals surface area contributed by atoms with Gasteiger partial charge in [0.15, 0.2) is 0 Å². The van der Waals surface area contributed by atoms with E-state index in [0.717, 1.165) is 5.56 Å². The van der Waals surface area contributed by atoms with E-state index in [1.54, 1.807) is 0 Å². The molecule has 6 N–H and O–H groups in total. The highest BCUT2D eigenvalue weighted by Gasteiger charge is 2.04. The van der Waals surface area contributed by atoms with Gasteiger partial charge < -0.3 is 27.0 Å². The summed E-state index contributed by atoms with van der Waals surface area (Å²) in [6.45, 7) is 2.66. The normalized spacial score (nSPS) is 11.5. The Balaban J connectivity index is 2.36. The molecule has 1 atom stereocenters. The first kappa shape index (κ1) is 15.8. The fourth-order valence-electron chi connectivity index (χ4n) is 1.56. The van der Waals surface area contributed by atoms with Crippen molar-refractivity contribution < 1.29 is 9.59 Å². The third-order valence-electron chi connectivity index (χ3n) is 2.81. The van der Waals surface area contributed by atoms with Gasteiger partial charge in [0, 0.05) is 24.8 Å². The molecular weight excluding hydrogens is 258 g/mol. The molecule has 0 fully saturated rings. The smallest absolute Gasteiger partial charge is 0.319 e. The Kier molecular flexibility index (Phi) is 6.31. The molecule has 1 aromatic rings. The number of hydrogen-bond donors (Lipinski definition) is 5. The number of amides is 4. The van der Waals surface area contributed by atoms with Gasteiger partial charge in [-0.05, 0) is 31.7 Å². The second-order valence-corrected chi connectivity index (χ2v) is 4.30. The van der Waals surface area contributed by atoms with Gasteiger partial charge in [0.2, 0.25) is 0 Å². The van der Waals surface area contributed by atoms with Gasteiger partial charge in [0.05, 0.1) is 0 Å². The fraction of sp³-hybridized carbons (Fsp3) is 0.385. The van der Waals surface area contributed by atoms with Crippen molar-refractivity contribution in [2.45, 2.75) is 13.0 Å². The van der Waals surface area contributed by atoms with E-state index in [4.69, 9.17) is 5.73 Å². The number of nitrogens with two attached hydrogens (primary N) is 1. The van der Waals surface area contributed by atoms with Crippen LogP contribution >= 0.6 is 0 Å². The van der Waals surface area contributed by atoms with E-state index in [1.807, 2.05) is 31.3 Å². The van der Waals surface area contributed by atoms with Gasteiger partial charge in [-0.3, -0.25) is 0 Å². The molecule has 7 nitrogen and oxygen atoms in total. The molecule has 0 aromatic heterocycles. The van der Waals surface area contributed by atoms with Crippen LogP contribution in [0.1, 0.15) is 18.5 Å². The van der Waals surface area contributed by atoms with Crippen LogP contribution in [0, 0.1) is 0 Å². The summed E-state index contributed by atoms with van der Waals surface area (Å²) in [7, 11) is 1.89. The van der Waals surface area contributed by atoms with Crippen LogP contribution in [0.15, 0.2) is 24.3 Å². The van der Waals surface area contributed by atoms with E-state index in [1.165, 1.54) is 0 Å². The van der Waals surface area contributed by atoms with Crippen LogP contribution in [-0.2, 0) is 0 Å². The second-order valence-electron chi connectivity index (χ2n) is 4.30.